The molecule has 2 amide bonds. The van der Waals surface area contributed by atoms with Crippen molar-refractivity contribution in [2.45, 2.75) is 18.9 Å². The van der Waals surface area contributed by atoms with Crippen LogP contribution in [0.15, 0.2) is 67.0 Å². The molecule has 1 aromatic heterocycles. The summed E-state index contributed by atoms with van der Waals surface area (Å²) in [5.41, 5.74) is 1.71. The first-order valence-electron chi connectivity index (χ1n) is 11.4. The monoisotopic (exact) mass is 514 g/mol. The zero-order valence-corrected chi connectivity index (χ0v) is 20.5. The van der Waals surface area contributed by atoms with Crippen molar-refractivity contribution in [2.75, 3.05) is 30.8 Å². The van der Waals surface area contributed by atoms with Gasteiger partial charge in [0.25, 0.3) is 5.91 Å². The molecule has 0 saturated carbocycles. The number of benzene rings is 2. The molecule has 1 unspecified atom stereocenters. The Kier molecular flexibility index (Phi) is 9.61. The molecule has 0 aliphatic carbocycles. The fourth-order valence-corrected chi connectivity index (χ4v) is 4.09. The smallest absolute Gasteiger partial charge is 0.412 e. The number of nitrogens with zero attached hydrogens (tertiary/aromatic N) is 1. The number of halogens is 2. The van der Waals surface area contributed by atoms with Crippen molar-refractivity contribution >= 4 is 35.8 Å². The average Bonchev–Trinajstić information content (AvgIpc) is 2.89. The standard InChI is InChI=1S/C26H27FN4O4.ClH/c1-34-23-7-6-19(16-20(23)27)25(32)30-21-4-2-3-5-22(21)31-26(33)35-24(17-8-12-28-13-9-17)18-10-14-29-15-11-18;/h2-9,12-13,16,18,24,29H,10-11,14-15H2,1H3,(H,30,32)(H,31,33);1H. The molecule has 0 spiro atoms. The van der Waals surface area contributed by atoms with Gasteiger partial charge in [-0.2, -0.15) is 0 Å². The Labute approximate surface area is 215 Å². The number of nitrogens with one attached hydrogen (secondary N) is 3. The first kappa shape index (κ1) is 26.9. The van der Waals surface area contributed by atoms with E-state index in [4.69, 9.17) is 9.47 Å². The largest absolute Gasteiger partial charge is 0.494 e. The number of carbonyl (C=O) groups is 2. The number of hydrogen-bond donors (Lipinski definition) is 3. The highest BCUT2D eigenvalue weighted by Crippen LogP contribution is 2.33. The van der Waals surface area contributed by atoms with Crippen molar-refractivity contribution < 1.29 is 23.5 Å². The van der Waals surface area contributed by atoms with E-state index in [0.29, 0.717) is 11.4 Å². The Morgan fingerprint density at radius 1 is 1.03 bits per heavy atom. The summed E-state index contributed by atoms with van der Waals surface area (Å²) < 4.78 is 24.8. The third kappa shape index (κ3) is 6.71. The maximum Gasteiger partial charge on any atom is 0.412 e. The Morgan fingerprint density at radius 3 is 2.33 bits per heavy atom. The van der Waals surface area contributed by atoms with Gasteiger partial charge in [-0.25, -0.2) is 9.18 Å². The van der Waals surface area contributed by atoms with Crippen LogP contribution in [0.1, 0.15) is 34.9 Å². The lowest BCUT2D eigenvalue weighted by molar-refractivity contribution is 0.0591. The first-order valence-corrected chi connectivity index (χ1v) is 11.4. The van der Waals surface area contributed by atoms with Crippen molar-refractivity contribution in [2.24, 2.45) is 5.92 Å². The highest BCUT2D eigenvalue weighted by molar-refractivity contribution is 6.07. The molecule has 1 fully saturated rings. The van der Waals surface area contributed by atoms with Gasteiger partial charge in [0.15, 0.2) is 11.6 Å². The predicted molar refractivity (Wildman–Crippen MR) is 137 cm³/mol. The zero-order valence-electron chi connectivity index (χ0n) is 19.7. The number of aromatic nitrogens is 1. The molecule has 8 nitrogen and oxygen atoms in total. The minimum absolute atomic E-state index is 0. The highest BCUT2D eigenvalue weighted by Gasteiger charge is 2.28. The molecule has 2 heterocycles. The van der Waals surface area contributed by atoms with Crippen LogP contribution in [0, 0.1) is 11.7 Å². The van der Waals surface area contributed by atoms with Crippen LogP contribution in [-0.4, -0.2) is 37.2 Å². The van der Waals surface area contributed by atoms with Crippen molar-refractivity contribution in [3.05, 3.63) is 83.9 Å². The number of piperidine rings is 1. The number of amides is 2. The van der Waals surface area contributed by atoms with Crippen LogP contribution in [0.25, 0.3) is 0 Å². The van der Waals surface area contributed by atoms with Gasteiger partial charge in [-0.05, 0) is 74.0 Å². The van der Waals surface area contributed by atoms with Gasteiger partial charge in [0, 0.05) is 23.9 Å². The maximum absolute atomic E-state index is 14.0. The molecule has 0 radical (unpaired) electrons. The summed E-state index contributed by atoms with van der Waals surface area (Å²) in [6, 6.07) is 14.4. The van der Waals surface area contributed by atoms with E-state index in [1.165, 1.54) is 19.2 Å². The lowest BCUT2D eigenvalue weighted by atomic mass is 9.88. The fourth-order valence-electron chi connectivity index (χ4n) is 4.09. The van der Waals surface area contributed by atoms with Gasteiger partial charge in [-0.15, -0.1) is 12.4 Å². The van der Waals surface area contributed by atoms with E-state index in [-0.39, 0.29) is 29.6 Å². The number of pyridine rings is 1. The van der Waals surface area contributed by atoms with Crippen LogP contribution < -0.4 is 20.7 Å². The molecule has 190 valence electrons. The number of hydrogen-bond acceptors (Lipinski definition) is 6. The van der Waals surface area contributed by atoms with Crippen molar-refractivity contribution in [3.63, 3.8) is 0 Å². The van der Waals surface area contributed by atoms with Gasteiger partial charge >= 0.3 is 6.09 Å². The van der Waals surface area contributed by atoms with Crippen molar-refractivity contribution in [1.82, 2.24) is 10.3 Å². The van der Waals surface area contributed by atoms with Crippen molar-refractivity contribution in [1.29, 1.82) is 0 Å². The molecule has 1 aliphatic rings. The highest BCUT2D eigenvalue weighted by atomic mass is 35.5. The molecular weight excluding hydrogens is 487 g/mol. The lowest BCUT2D eigenvalue weighted by Gasteiger charge is -2.30. The van der Waals surface area contributed by atoms with E-state index in [1.54, 1.807) is 36.7 Å². The van der Waals surface area contributed by atoms with Crippen LogP contribution in [-0.2, 0) is 4.74 Å². The second kappa shape index (κ2) is 12.9. The van der Waals surface area contributed by atoms with Crippen LogP contribution in [0.2, 0.25) is 0 Å². The summed E-state index contributed by atoms with van der Waals surface area (Å²) in [4.78, 5) is 29.7. The van der Waals surface area contributed by atoms with E-state index >= 15 is 0 Å². The number of rotatable bonds is 7. The maximum atomic E-state index is 14.0. The molecule has 1 aliphatic heterocycles. The molecular formula is C26H28ClFN4O4. The van der Waals surface area contributed by atoms with Gasteiger partial charge in [0.1, 0.15) is 6.10 Å². The fraction of sp³-hybridized carbons (Fsp3) is 0.269. The van der Waals surface area contributed by atoms with E-state index in [1.807, 2.05) is 12.1 Å². The second-order valence-electron chi connectivity index (χ2n) is 8.17. The number of methoxy groups -OCH3 is 1. The summed E-state index contributed by atoms with van der Waals surface area (Å²) in [6.45, 7) is 1.72. The molecule has 0 bridgehead atoms. The Bertz CT molecular complexity index is 1180. The second-order valence-corrected chi connectivity index (χ2v) is 8.17. The summed E-state index contributed by atoms with van der Waals surface area (Å²) >= 11 is 0. The number of anilines is 2. The van der Waals surface area contributed by atoms with E-state index in [9.17, 15) is 14.0 Å². The van der Waals surface area contributed by atoms with Crippen molar-refractivity contribution in [3.8, 4) is 5.75 Å². The summed E-state index contributed by atoms with van der Waals surface area (Å²) in [6.07, 6.45) is 4.05. The lowest BCUT2D eigenvalue weighted by Crippen LogP contribution is -2.33. The Balaban J connectivity index is 0.00000361. The molecule has 10 heteroatoms. The molecule has 3 N–H and O–H groups in total. The average molecular weight is 515 g/mol. The van der Waals surface area contributed by atoms with Gasteiger partial charge < -0.3 is 20.1 Å². The SMILES string of the molecule is COc1ccc(C(=O)Nc2ccccc2NC(=O)OC(c2ccncc2)C2CCNCC2)cc1F.Cl. The minimum atomic E-state index is -0.643. The van der Waals surface area contributed by atoms with Gasteiger partial charge in [-0.1, -0.05) is 12.1 Å². The first-order chi connectivity index (χ1) is 17.0. The minimum Gasteiger partial charge on any atom is -0.494 e. The number of ether oxygens (including phenoxy) is 2. The quantitative estimate of drug-likeness (QED) is 0.401. The van der Waals surface area contributed by atoms with E-state index in [2.05, 4.69) is 20.9 Å². The van der Waals surface area contributed by atoms with Crippen LogP contribution in [0.4, 0.5) is 20.6 Å². The molecule has 3 aromatic rings. The molecule has 1 atom stereocenters. The zero-order chi connectivity index (χ0) is 24.6. The van der Waals surface area contributed by atoms with Crippen LogP contribution in [0.3, 0.4) is 0 Å². The summed E-state index contributed by atoms with van der Waals surface area (Å²) in [7, 11) is 1.35. The Hall–Kier alpha value is -3.69. The molecule has 2 aromatic carbocycles. The Morgan fingerprint density at radius 2 is 1.69 bits per heavy atom. The predicted octanol–water partition coefficient (Wildman–Crippen LogP) is 5.19. The molecule has 36 heavy (non-hydrogen) atoms. The van der Waals surface area contributed by atoms with Crippen LogP contribution in [0.5, 0.6) is 5.75 Å². The number of carbonyl (C=O) groups excluding carboxylic acids is 2. The molecule has 1 saturated heterocycles. The molecule has 4 rings (SSSR count). The topological polar surface area (TPSA) is 102 Å². The van der Waals surface area contributed by atoms with Gasteiger partial charge in [0.05, 0.1) is 18.5 Å². The van der Waals surface area contributed by atoms with E-state index < -0.39 is 23.9 Å². The summed E-state index contributed by atoms with van der Waals surface area (Å²) in [5, 5.41) is 8.77. The number of para-hydroxylation sites is 2. The third-order valence-corrected chi connectivity index (χ3v) is 5.91. The third-order valence-electron chi connectivity index (χ3n) is 5.91. The van der Waals surface area contributed by atoms with Crippen LogP contribution >= 0.6 is 12.4 Å². The van der Waals surface area contributed by atoms with Gasteiger partial charge in [0.2, 0.25) is 0 Å². The summed E-state index contributed by atoms with van der Waals surface area (Å²) in [5.74, 6) is -0.957. The normalized spacial score (nSPS) is 14.2. The van der Waals surface area contributed by atoms with Gasteiger partial charge in [-0.3, -0.25) is 15.1 Å². The van der Waals surface area contributed by atoms with E-state index in [0.717, 1.165) is 37.6 Å².